The van der Waals surface area contributed by atoms with E-state index < -0.39 is 5.97 Å². The van der Waals surface area contributed by atoms with Gasteiger partial charge in [0.1, 0.15) is 0 Å². The van der Waals surface area contributed by atoms with E-state index in [0.29, 0.717) is 5.56 Å². The standard InChI is InChI=1S/C27H22O2/c1-27(2)17-16-22(20-8-4-3-5-9-20)24-18-19(13-15-25(24)27)12-14-21-10-6-7-11-23(21)26(28)29/h3-11,13,15-16,18H,17H2,1-2H3,(H,28,29). The largest absolute Gasteiger partial charge is 0.478 e. The van der Waals surface area contributed by atoms with Crippen molar-refractivity contribution in [1.29, 1.82) is 0 Å². The van der Waals surface area contributed by atoms with Crippen LogP contribution in [0.3, 0.4) is 0 Å². The summed E-state index contributed by atoms with van der Waals surface area (Å²) in [4.78, 5) is 11.4. The van der Waals surface area contributed by atoms with E-state index in [1.54, 1.807) is 18.2 Å². The van der Waals surface area contributed by atoms with E-state index in [0.717, 1.165) is 12.0 Å². The number of rotatable bonds is 2. The van der Waals surface area contributed by atoms with Crippen molar-refractivity contribution in [1.82, 2.24) is 0 Å². The third-order valence-corrected chi connectivity index (χ3v) is 5.44. The monoisotopic (exact) mass is 378 g/mol. The molecule has 0 heterocycles. The molecule has 1 aliphatic carbocycles. The van der Waals surface area contributed by atoms with E-state index in [4.69, 9.17) is 0 Å². The number of carboxylic acids is 1. The Morgan fingerprint density at radius 3 is 2.41 bits per heavy atom. The Morgan fingerprint density at radius 2 is 1.66 bits per heavy atom. The van der Waals surface area contributed by atoms with Gasteiger partial charge in [0, 0.05) is 11.1 Å². The summed E-state index contributed by atoms with van der Waals surface area (Å²) in [5.41, 5.74) is 6.64. The SMILES string of the molecule is CC1(C)CC=C(c2ccccc2)c2cc(C#Cc3ccccc3C(=O)O)ccc21. The summed E-state index contributed by atoms with van der Waals surface area (Å²) < 4.78 is 0. The fourth-order valence-corrected chi connectivity index (χ4v) is 3.82. The van der Waals surface area contributed by atoms with Gasteiger partial charge in [0.25, 0.3) is 0 Å². The van der Waals surface area contributed by atoms with Gasteiger partial charge in [0.05, 0.1) is 5.56 Å². The zero-order valence-electron chi connectivity index (χ0n) is 16.6. The molecule has 2 heteroatoms. The molecule has 1 aliphatic rings. The zero-order valence-corrected chi connectivity index (χ0v) is 16.6. The van der Waals surface area contributed by atoms with Gasteiger partial charge in [0.2, 0.25) is 0 Å². The van der Waals surface area contributed by atoms with Crippen molar-refractivity contribution in [3.8, 4) is 11.8 Å². The van der Waals surface area contributed by atoms with Crippen LogP contribution < -0.4 is 0 Å². The lowest BCUT2D eigenvalue weighted by atomic mass is 9.72. The quantitative estimate of drug-likeness (QED) is 0.564. The average molecular weight is 378 g/mol. The van der Waals surface area contributed by atoms with Crippen molar-refractivity contribution in [2.75, 3.05) is 0 Å². The summed E-state index contributed by atoms with van der Waals surface area (Å²) in [6, 6.07) is 23.6. The van der Waals surface area contributed by atoms with Crippen LogP contribution in [0.15, 0.2) is 78.9 Å². The van der Waals surface area contributed by atoms with Gasteiger partial charge >= 0.3 is 5.97 Å². The van der Waals surface area contributed by atoms with Crippen LogP contribution in [0, 0.1) is 11.8 Å². The van der Waals surface area contributed by atoms with Crippen LogP contribution in [0.5, 0.6) is 0 Å². The fourth-order valence-electron chi connectivity index (χ4n) is 3.82. The second-order valence-electron chi connectivity index (χ2n) is 7.93. The second kappa shape index (κ2) is 7.45. The minimum atomic E-state index is -0.962. The van der Waals surface area contributed by atoms with Gasteiger partial charge in [-0.05, 0) is 58.4 Å². The average Bonchev–Trinajstić information content (AvgIpc) is 2.73. The molecule has 0 saturated carbocycles. The molecule has 0 atom stereocenters. The van der Waals surface area contributed by atoms with Crippen LogP contribution in [-0.2, 0) is 5.41 Å². The Morgan fingerprint density at radius 1 is 0.931 bits per heavy atom. The van der Waals surface area contributed by atoms with E-state index >= 15 is 0 Å². The highest BCUT2D eigenvalue weighted by molar-refractivity contribution is 5.90. The summed E-state index contributed by atoms with van der Waals surface area (Å²) >= 11 is 0. The number of allylic oxidation sites excluding steroid dienone is 1. The molecular formula is C27H22O2. The predicted octanol–water partition coefficient (Wildman–Crippen LogP) is 5.90. The smallest absolute Gasteiger partial charge is 0.336 e. The first-order valence-electron chi connectivity index (χ1n) is 9.70. The maximum Gasteiger partial charge on any atom is 0.336 e. The van der Waals surface area contributed by atoms with Crippen LogP contribution in [0.25, 0.3) is 5.57 Å². The third kappa shape index (κ3) is 3.73. The van der Waals surface area contributed by atoms with Crippen molar-refractivity contribution >= 4 is 11.5 Å². The summed E-state index contributed by atoms with van der Waals surface area (Å²) in [5, 5.41) is 9.36. The van der Waals surface area contributed by atoms with Crippen molar-refractivity contribution in [3.05, 3.63) is 112 Å². The molecule has 0 fully saturated rings. The molecule has 0 saturated heterocycles. The fraction of sp³-hybridized carbons (Fsp3) is 0.148. The van der Waals surface area contributed by atoms with Crippen molar-refractivity contribution in [3.63, 3.8) is 0 Å². The Kier molecular flexibility index (Phi) is 4.82. The molecule has 0 radical (unpaired) electrons. The summed E-state index contributed by atoms with van der Waals surface area (Å²) in [7, 11) is 0. The Balaban J connectivity index is 1.79. The van der Waals surface area contributed by atoms with Crippen molar-refractivity contribution in [2.24, 2.45) is 0 Å². The second-order valence-corrected chi connectivity index (χ2v) is 7.93. The van der Waals surface area contributed by atoms with Crippen LogP contribution in [0.4, 0.5) is 0 Å². The summed E-state index contributed by atoms with van der Waals surface area (Å²) in [5.74, 6) is 5.25. The highest BCUT2D eigenvalue weighted by atomic mass is 16.4. The molecule has 29 heavy (non-hydrogen) atoms. The number of fused-ring (bicyclic) bond motifs is 1. The van der Waals surface area contributed by atoms with Crippen molar-refractivity contribution in [2.45, 2.75) is 25.7 Å². The molecular weight excluding hydrogens is 356 g/mol. The molecule has 3 aromatic rings. The molecule has 1 N–H and O–H groups in total. The number of carboxylic acid groups (broad SMARTS) is 1. The normalized spacial score (nSPS) is 14.2. The molecule has 0 spiro atoms. The molecule has 0 bridgehead atoms. The maximum absolute atomic E-state index is 11.4. The number of benzene rings is 3. The van der Waals surface area contributed by atoms with Gasteiger partial charge in [-0.25, -0.2) is 4.79 Å². The zero-order chi connectivity index (χ0) is 20.4. The lowest BCUT2D eigenvalue weighted by molar-refractivity contribution is 0.0696. The predicted molar refractivity (Wildman–Crippen MR) is 117 cm³/mol. The summed E-state index contributed by atoms with van der Waals surface area (Å²) in [6.07, 6.45) is 3.30. The lowest BCUT2D eigenvalue weighted by Crippen LogP contribution is -2.21. The minimum absolute atomic E-state index is 0.0650. The summed E-state index contributed by atoms with van der Waals surface area (Å²) in [6.45, 7) is 4.52. The Bertz CT molecular complexity index is 1170. The van der Waals surface area contributed by atoms with Gasteiger partial charge in [-0.1, -0.05) is 80.3 Å². The molecule has 4 rings (SSSR count). The van der Waals surface area contributed by atoms with Crippen molar-refractivity contribution < 1.29 is 9.90 Å². The van der Waals surface area contributed by atoms with Gasteiger partial charge in [0.15, 0.2) is 0 Å². The van der Waals surface area contributed by atoms with E-state index in [1.165, 1.54) is 22.3 Å². The van der Waals surface area contributed by atoms with Crippen LogP contribution in [0.2, 0.25) is 0 Å². The highest BCUT2D eigenvalue weighted by Gasteiger charge is 2.28. The van der Waals surface area contributed by atoms with Gasteiger partial charge < -0.3 is 5.11 Å². The first-order valence-corrected chi connectivity index (χ1v) is 9.70. The molecule has 0 aromatic heterocycles. The molecule has 2 nitrogen and oxygen atoms in total. The van der Waals surface area contributed by atoms with Crippen LogP contribution in [0.1, 0.15) is 58.4 Å². The lowest BCUT2D eigenvalue weighted by Gasteiger charge is -2.32. The Hall–Kier alpha value is -3.57. The molecule has 3 aromatic carbocycles. The van der Waals surface area contributed by atoms with E-state index in [1.807, 2.05) is 18.2 Å². The number of carbonyl (C=O) groups is 1. The molecule has 0 unspecified atom stereocenters. The first-order chi connectivity index (χ1) is 14.0. The van der Waals surface area contributed by atoms with Gasteiger partial charge in [-0.15, -0.1) is 0 Å². The molecule has 142 valence electrons. The number of hydrogen-bond donors (Lipinski definition) is 1. The third-order valence-electron chi connectivity index (χ3n) is 5.44. The number of hydrogen-bond acceptors (Lipinski definition) is 1. The van der Waals surface area contributed by atoms with Gasteiger partial charge in [-0.3, -0.25) is 0 Å². The van der Waals surface area contributed by atoms with Crippen LogP contribution >= 0.6 is 0 Å². The van der Waals surface area contributed by atoms with E-state index in [2.05, 4.69) is 68.2 Å². The maximum atomic E-state index is 11.4. The van der Waals surface area contributed by atoms with Crippen LogP contribution in [-0.4, -0.2) is 11.1 Å². The van der Waals surface area contributed by atoms with Gasteiger partial charge in [-0.2, -0.15) is 0 Å². The number of aromatic carboxylic acids is 1. The highest BCUT2D eigenvalue weighted by Crippen LogP contribution is 2.41. The van der Waals surface area contributed by atoms with E-state index in [-0.39, 0.29) is 11.0 Å². The van der Waals surface area contributed by atoms with E-state index in [9.17, 15) is 9.90 Å². The first kappa shape index (κ1) is 18.8. The molecule has 0 amide bonds. The Labute approximate surface area is 171 Å². The molecule has 0 aliphatic heterocycles. The topological polar surface area (TPSA) is 37.3 Å². The minimum Gasteiger partial charge on any atom is -0.478 e.